The van der Waals surface area contributed by atoms with Crippen molar-refractivity contribution in [3.63, 3.8) is 0 Å². The number of carbonyl (C=O) groups is 2. The highest BCUT2D eigenvalue weighted by molar-refractivity contribution is 6.35. The molecule has 3 aliphatic rings. The number of hydrogen-bond donors (Lipinski definition) is 1. The van der Waals surface area contributed by atoms with Gasteiger partial charge in [0.15, 0.2) is 11.5 Å². The molecule has 0 aromatic heterocycles. The van der Waals surface area contributed by atoms with Crippen LogP contribution in [0.25, 0.3) is 0 Å². The van der Waals surface area contributed by atoms with Crippen LogP contribution in [0.1, 0.15) is 27.0 Å². The number of amides is 2. The van der Waals surface area contributed by atoms with Gasteiger partial charge in [-0.25, -0.2) is 0 Å². The molecular weight excluding hydrogens is 539 g/mol. The van der Waals surface area contributed by atoms with Crippen LogP contribution in [0.4, 0.5) is 11.4 Å². The van der Waals surface area contributed by atoms with Crippen LogP contribution in [0.3, 0.4) is 0 Å². The fourth-order valence-electron chi connectivity index (χ4n) is 5.60. The first-order valence-corrected chi connectivity index (χ1v) is 13.0. The minimum absolute atomic E-state index is 0.127. The Morgan fingerprint density at radius 2 is 1.56 bits per heavy atom. The first-order chi connectivity index (χ1) is 18.9. The maximum absolute atomic E-state index is 14.3. The van der Waals surface area contributed by atoms with Crippen LogP contribution in [0.15, 0.2) is 78.9 Å². The summed E-state index contributed by atoms with van der Waals surface area (Å²) in [6, 6.07) is 23.4. The van der Waals surface area contributed by atoms with Gasteiger partial charge in [-0.05, 0) is 47.5 Å². The number of nitrogens with zero attached hydrogens (tertiary/aromatic N) is 1. The minimum atomic E-state index is -1.03. The van der Waals surface area contributed by atoms with Crippen molar-refractivity contribution in [3.05, 3.63) is 111 Å². The summed E-state index contributed by atoms with van der Waals surface area (Å²) in [5, 5.41) is 3.69. The first kappa shape index (κ1) is 23.9. The Morgan fingerprint density at radius 1 is 0.846 bits per heavy atom. The summed E-state index contributed by atoms with van der Waals surface area (Å²) in [5.41, 5.74) is 2.95. The number of nitrogens with one attached hydrogen (secondary N) is 1. The van der Waals surface area contributed by atoms with Gasteiger partial charge in [0, 0.05) is 38.6 Å². The Balaban J connectivity index is 1.25. The van der Waals surface area contributed by atoms with Crippen molar-refractivity contribution in [1.29, 1.82) is 0 Å². The van der Waals surface area contributed by atoms with Crippen LogP contribution in [-0.2, 0) is 16.8 Å². The van der Waals surface area contributed by atoms with Gasteiger partial charge < -0.3 is 24.4 Å². The topological polar surface area (TPSA) is 77.1 Å². The van der Waals surface area contributed by atoms with Gasteiger partial charge in [0.05, 0.1) is 6.54 Å². The minimum Gasteiger partial charge on any atom is -0.491 e. The molecule has 0 radical (unpaired) electrons. The number of rotatable bonds is 4. The third-order valence-corrected chi connectivity index (χ3v) is 7.79. The number of ether oxygens (including phenoxy) is 3. The van der Waals surface area contributed by atoms with Gasteiger partial charge in [0.2, 0.25) is 12.7 Å². The van der Waals surface area contributed by atoms with Gasteiger partial charge >= 0.3 is 0 Å². The molecule has 39 heavy (non-hydrogen) atoms. The molecule has 0 saturated carbocycles. The van der Waals surface area contributed by atoms with Crippen molar-refractivity contribution in [2.75, 3.05) is 23.6 Å². The molecule has 7 rings (SSSR count). The summed E-state index contributed by atoms with van der Waals surface area (Å²) >= 11 is 12.2. The van der Waals surface area contributed by atoms with Crippen molar-refractivity contribution in [2.24, 2.45) is 0 Å². The molecule has 0 bridgehead atoms. The molecule has 0 aliphatic carbocycles. The number of fused-ring (bicyclic) bond motifs is 5. The van der Waals surface area contributed by atoms with E-state index in [0.29, 0.717) is 44.1 Å². The third kappa shape index (κ3) is 3.72. The summed E-state index contributed by atoms with van der Waals surface area (Å²) in [4.78, 5) is 29.4. The van der Waals surface area contributed by atoms with Crippen LogP contribution in [0.5, 0.6) is 17.2 Å². The molecule has 1 spiro atoms. The average Bonchev–Trinajstić information content (AvgIpc) is 3.60. The van der Waals surface area contributed by atoms with Crippen molar-refractivity contribution in [2.45, 2.75) is 12.0 Å². The number of halogens is 2. The molecule has 1 N–H and O–H groups in total. The van der Waals surface area contributed by atoms with E-state index in [1.54, 1.807) is 41.3 Å². The monoisotopic (exact) mass is 558 g/mol. The second kappa shape index (κ2) is 8.93. The Morgan fingerprint density at radius 3 is 2.38 bits per heavy atom. The van der Waals surface area contributed by atoms with Gasteiger partial charge in [-0.1, -0.05) is 59.6 Å². The highest BCUT2D eigenvalue weighted by Gasteiger charge is 2.57. The van der Waals surface area contributed by atoms with Crippen molar-refractivity contribution in [3.8, 4) is 17.2 Å². The predicted molar refractivity (Wildman–Crippen MR) is 147 cm³/mol. The molecule has 2 amide bonds. The van der Waals surface area contributed by atoms with E-state index in [-0.39, 0.29) is 31.8 Å². The predicted octanol–water partition coefficient (Wildman–Crippen LogP) is 6.20. The van der Waals surface area contributed by atoms with Crippen LogP contribution < -0.4 is 24.4 Å². The van der Waals surface area contributed by atoms with Gasteiger partial charge in [0.25, 0.3) is 5.91 Å². The van der Waals surface area contributed by atoms with E-state index in [0.717, 1.165) is 16.8 Å². The Hall–Kier alpha value is -4.20. The standard InChI is InChI=1S/C30H20Cl2N2O5/c31-18-9-19(32)11-20(10-18)33-28(35)21-6-2-1-5-17(21)14-34-24-8-4-3-7-22(24)30(29(34)36)15-37-25-13-27-26(12-23(25)30)38-16-39-27/h1-13H,14-16H2,(H,33,35). The van der Waals surface area contributed by atoms with E-state index in [9.17, 15) is 9.59 Å². The van der Waals surface area contributed by atoms with Crippen LogP contribution >= 0.6 is 23.2 Å². The van der Waals surface area contributed by atoms with E-state index in [2.05, 4.69) is 5.32 Å². The largest absolute Gasteiger partial charge is 0.491 e. The summed E-state index contributed by atoms with van der Waals surface area (Å²) in [6.07, 6.45) is 0. The maximum atomic E-state index is 14.3. The Labute approximate surface area is 233 Å². The summed E-state index contributed by atoms with van der Waals surface area (Å²) in [7, 11) is 0. The highest BCUT2D eigenvalue weighted by Crippen LogP contribution is 2.55. The molecule has 7 nitrogen and oxygen atoms in total. The normalized spacial score (nSPS) is 18.2. The number of anilines is 2. The molecule has 0 saturated heterocycles. The van der Waals surface area contributed by atoms with E-state index in [1.807, 2.05) is 42.5 Å². The molecule has 3 heterocycles. The zero-order valence-electron chi connectivity index (χ0n) is 20.4. The molecule has 4 aromatic carbocycles. The van der Waals surface area contributed by atoms with Crippen LogP contribution in [0.2, 0.25) is 10.0 Å². The molecule has 9 heteroatoms. The lowest BCUT2D eigenvalue weighted by Gasteiger charge is -2.24. The number of carbonyl (C=O) groups excluding carboxylic acids is 2. The summed E-state index contributed by atoms with van der Waals surface area (Å²) in [5.74, 6) is 1.33. The van der Waals surface area contributed by atoms with Gasteiger partial charge in [0.1, 0.15) is 17.8 Å². The van der Waals surface area contributed by atoms with E-state index in [1.165, 1.54) is 0 Å². The van der Waals surface area contributed by atoms with Crippen molar-refractivity contribution >= 4 is 46.4 Å². The molecule has 194 valence electrons. The zero-order valence-corrected chi connectivity index (χ0v) is 21.9. The smallest absolute Gasteiger partial charge is 0.256 e. The van der Waals surface area contributed by atoms with Gasteiger partial charge in [-0.15, -0.1) is 0 Å². The molecule has 4 aromatic rings. The SMILES string of the molecule is O=C(Nc1cc(Cl)cc(Cl)c1)c1ccccc1CN1C(=O)C2(COc3cc4c(cc32)OCO4)c2ccccc21. The Bertz CT molecular complexity index is 1670. The fourth-order valence-corrected chi connectivity index (χ4v) is 6.12. The lowest BCUT2D eigenvalue weighted by molar-refractivity contribution is -0.122. The van der Waals surface area contributed by atoms with Crippen molar-refractivity contribution in [1.82, 2.24) is 0 Å². The zero-order chi connectivity index (χ0) is 26.7. The van der Waals surface area contributed by atoms with Crippen LogP contribution in [0, 0.1) is 0 Å². The lowest BCUT2D eigenvalue weighted by Crippen LogP contribution is -2.42. The molecular formula is C30H20Cl2N2O5. The number of para-hydroxylation sites is 1. The fraction of sp³-hybridized carbons (Fsp3) is 0.133. The number of benzene rings is 4. The Kier molecular flexibility index (Phi) is 5.47. The molecule has 3 aliphatic heterocycles. The lowest BCUT2D eigenvalue weighted by atomic mass is 9.77. The third-order valence-electron chi connectivity index (χ3n) is 7.35. The van der Waals surface area contributed by atoms with Gasteiger partial charge in [-0.3, -0.25) is 9.59 Å². The highest BCUT2D eigenvalue weighted by atomic mass is 35.5. The molecule has 1 unspecified atom stereocenters. The van der Waals surface area contributed by atoms with E-state index >= 15 is 0 Å². The van der Waals surface area contributed by atoms with Crippen molar-refractivity contribution < 1.29 is 23.8 Å². The summed E-state index contributed by atoms with van der Waals surface area (Å²) < 4.78 is 17.2. The van der Waals surface area contributed by atoms with Crippen LogP contribution in [-0.4, -0.2) is 25.2 Å². The van der Waals surface area contributed by atoms with Gasteiger partial charge in [-0.2, -0.15) is 0 Å². The molecule has 1 atom stereocenters. The maximum Gasteiger partial charge on any atom is 0.256 e. The second-order valence-corrected chi connectivity index (χ2v) is 10.4. The first-order valence-electron chi connectivity index (χ1n) is 12.3. The van der Waals surface area contributed by atoms with E-state index < -0.39 is 5.41 Å². The second-order valence-electron chi connectivity index (χ2n) is 9.57. The average molecular weight is 559 g/mol. The molecule has 0 fully saturated rings. The van der Waals surface area contributed by atoms with E-state index in [4.69, 9.17) is 37.4 Å². The summed E-state index contributed by atoms with van der Waals surface area (Å²) in [6.45, 7) is 0.481. The quantitative estimate of drug-likeness (QED) is 0.322. The number of hydrogen-bond acceptors (Lipinski definition) is 5.